The van der Waals surface area contributed by atoms with E-state index in [1.165, 1.54) is 13.0 Å². The Labute approximate surface area is 127 Å². The molecule has 1 fully saturated rings. The summed E-state index contributed by atoms with van der Waals surface area (Å²) >= 11 is 6.11. The number of hydrogen-bond acceptors (Lipinski definition) is 3. The van der Waals surface area contributed by atoms with Crippen molar-refractivity contribution >= 4 is 11.6 Å². The first-order chi connectivity index (χ1) is 9.70. The van der Waals surface area contributed by atoms with Crippen LogP contribution in [-0.4, -0.2) is 54.2 Å². The van der Waals surface area contributed by atoms with Gasteiger partial charge in [-0.25, -0.2) is 0 Å². The molecule has 1 heterocycles. The summed E-state index contributed by atoms with van der Waals surface area (Å²) in [6.07, 6.45) is 1.51. The van der Waals surface area contributed by atoms with Crippen LogP contribution in [0.3, 0.4) is 0 Å². The Bertz CT molecular complexity index is 405. The van der Waals surface area contributed by atoms with Gasteiger partial charge in [-0.2, -0.15) is 0 Å². The van der Waals surface area contributed by atoms with Crippen LogP contribution in [0.5, 0.6) is 0 Å². The zero-order chi connectivity index (χ0) is 14.4. The fourth-order valence-electron chi connectivity index (χ4n) is 2.76. The third-order valence-corrected chi connectivity index (χ3v) is 4.33. The molecule has 1 N–H and O–H groups in total. The van der Waals surface area contributed by atoms with Crippen molar-refractivity contribution in [2.75, 3.05) is 39.3 Å². The van der Waals surface area contributed by atoms with Crippen molar-refractivity contribution in [2.24, 2.45) is 0 Å². The summed E-state index contributed by atoms with van der Waals surface area (Å²) in [6.45, 7) is 8.88. The molecule has 3 nitrogen and oxygen atoms in total. The molecule has 0 radical (unpaired) electrons. The maximum atomic E-state index is 10.2. The van der Waals surface area contributed by atoms with Gasteiger partial charge in [-0.05, 0) is 31.0 Å². The van der Waals surface area contributed by atoms with E-state index in [4.69, 9.17) is 11.6 Å². The molecule has 2 rings (SSSR count). The van der Waals surface area contributed by atoms with E-state index in [9.17, 15) is 5.11 Å². The van der Waals surface area contributed by atoms with Gasteiger partial charge in [0.2, 0.25) is 0 Å². The molecule has 0 spiro atoms. The number of benzene rings is 1. The number of halogens is 1. The van der Waals surface area contributed by atoms with Gasteiger partial charge >= 0.3 is 0 Å². The van der Waals surface area contributed by atoms with Gasteiger partial charge in [0.25, 0.3) is 0 Å². The van der Waals surface area contributed by atoms with Gasteiger partial charge in [0.15, 0.2) is 0 Å². The Balaban J connectivity index is 1.75. The van der Waals surface area contributed by atoms with Gasteiger partial charge in [-0.15, -0.1) is 0 Å². The van der Waals surface area contributed by atoms with Gasteiger partial charge < -0.3 is 14.9 Å². The molecule has 4 heteroatoms. The fraction of sp³-hybridized carbons (Fsp3) is 0.625. The van der Waals surface area contributed by atoms with Crippen LogP contribution in [0, 0.1) is 0 Å². The van der Waals surface area contributed by atoms with E-state index in [1.54, 1.807) is 0 Å². The second kappa shape index (κ2) is 7.99. The first kappa shape index (κ1) is 15.8. The third-order valence-electron chi connectivity index (χ3n) is 3.99. The van der Waals surface area contributed by atoms with Crippen molar-refractivity contribution < 1.29 is 5.11 Å². The molecule has 1 unspecified atom stereocenters. The van der Waals surface area contributed by atoms with Gasteiger partial charge in [0.1, 0.15) is 0 Å². The van der Waals surface area contributed by atoms with E-state index in [-0.39, 0.29) is 0 Å². The predicted molar refractivity (Wildman–Crippen MR) is 84.2 cm³/mol. The summed E-state index contributed by atoms with van der Waals surface area (Å²) in [5.41, 5.74) is 0.846. The lowest BCUT2D eigenvalue weighted by Gasteiger charge is -2.34. The smallest absolute Gasteiger partial charge is 0.0816 e. The average Bonchev–Trinajstić information content (AvgIpc) is 2.47. The Morgan fingerprint density at radius 2 is 1.70 bits per heavy atom. The minimum atomic E-state index is -0.461. The fourth-order valence-corrected chi connectivity index (χ4v) is 3.02. The molecule has 112 valence electrons. The summed E-state index contributed by atoms with van der Waals surface area (Å²) in [5.74, 6) is 0. The first-order valence-electron chi connectivity index (χ1n) is 7.58. The van der Waals surface area contributed by atoms with Crippen molar-refractivity contribution in [3.05, 3.63) is 34.9 Å². The molecule has 1 aromatic rings. The maximum Gasteiger partial charge on any atom is 0.0816 e. The monoisotopic (exact) mass is 296 g/mol. The molecule has 1 aliphatic heterocycles. The van der Waals surface area contributed by atoms with Crippen LogP contribution in [-0.2, 0) is 0 Å². The van der Waals surface area contributed by atoms with Gasteiger partial charge in [-0.1, -0.05) is 36.7 Å². The Hall–Kier alpha value is -0.610. The minimum absolute atomic E-state index is 0.461. The van der Waals surface area contributed by atoms with E-state index < -0.39 is 6.10 Å². The van der Waals surface area contributed by atoms with Gasteiger partial charge in [0, 0.05) is 37.7 Å². The van der Waals surface area contributed by atoms with E-state index in [0.717, 1.165) is 44.7 Å². The van der Waals surface area contributed by atoms with Crippen LogP contribution in [0.25, 0.3) is 0 Å². The average molecular weight is 297 g/mol. The van der Waals surface area contributed by atoms with Crippen LogP contribution in [0.4, 0.5) is 0 Å². The third kappa shape index (κ3) is 4.45. The topological polar surface area (TPSA) is 26.7 Å². The normalized spacial score (nSPS) is 19.1. The summed E-state index contributed by atoms with van der Waals surface area (Å²) in [6, 6.07) is 7.56. The van der Waals surface area contributed by atoms with E-state index in [0.29, 0.717) is 5.02 Å². The Morgan fingerprint density at radius 1 is 1.10 bits per heavy atom. The highest BCUT2D eigenvalue weighted by atomic mass is 35.5. The molecule has 1 aliphatic rings. The number of nitrogens with zero attached hydrogens (tertiary/aromatic N) is 2. The van der Waals surface area contributed by atoms with Crippen LogP contribution in [0.1, 0.15) is 31.4 Å². The zero-order valence-corrected chi connectivity index (χ0v) is 13.0. The number of aliphatic hydroxyl groups excluding tert-OH is 1. The molecular formula is C16H25ClN2O. The largest absolute Gasteiger partial charge is 0.388 e. The lowest BCUT2D eigenvalue weighted by atomic mass is 10.1. The van der Waals surface area contributed by atoms with Gasteiger partial charge in [0.05, 0.1) is 6.10 Å². The lowest BCUT2D eigenvalue weighted by molar-refractivity contribution is 0.103. The van der Waals surface area contributed by atoms with Crippen LogP contribution in [0.2, 0.25) is 5.02 Å². The van der Waals surface area contributed by atoms with Crippen LogP contribution in [0.15, 0.2) is 24.3 Å². The standard InChI is InChI=1S/C16H25ClN2O/c1-2-8-18-10-12-19(13-11-18)9-7-16(20)14-5-3-4-6-15(14)17/h3-6,16,20H,2,7-13H2,1H3. The molecule has 0 bridgehead atoms. The minimum Gasteiger partial charge on any atom is -0.388 e. The van der Waals surface area contributed by atoms with Gasteiger partial charge in [-0.3, -0.25) is 0 Å². The second-order valence-corrected chi connectivity index (χ2v) is 5.92. The van der Waals surface area contributed by atoms with E-state index in [2.05, 4.69) is 16.7 Å². The summed E-state index contributed by atoms with van der Waals surface area (Å²) in [5, 5.41) is 10.9. The van der Waals surface area contributed by atoms with E-state index in [1.807, 2.05) is 24.3 Å². The molecule has 1 atom stereocenters. The van der Waals surface area contributed by atoms with Crippen molar-refractivity contribution in [1.29, 1.82) is 0 Å². The van der Waals surface area contributed by atoms with Crippen LogP contribution >= 0.6 is 11.6 Å². The number of aliphatic hydroxyl groups is 1. The highest BCUT2D eigenvalue weighted by molar-refractivity contribution is 6.31. The maximum absolute atomic E-state index is 10.2. The highest BCUT2D eigenvalue weighted by Crippen LogP contribution is 2.25. The SMILES string of the molecule is CCCN1CCN(CCC(O)c2ccccc2Cl)CC1. The Kier molecular flexibility index (Phi) is 6.30. The molecular weight excluding hydrogens is 272 g/mol. The van der Waals surface area contributed by atoms with Crippen molar-refractivity contribution in [1.82, 2.24) is 9.80 Å². The highest BCUT2D eigenvalue weighted by Gasteiger charge is 2.18. The summed E-state index contributed by atoms with van der Waals surface area (Å²) in [4.78, 5) is 4.95. The van der Waals surface area contributed by atoms with Crippen LogP contribution < -0.4 is 0 Å². The number of hydrogen-bond donors (Lipinski definition) is 1. The number of rotatable bonds is 6. The van der Waals surface area contributed by atoms with Crippen molar-refractivity contribution in [3.63, 3.8) is 0 Å². The molecule has 0 aliphatic carbocycles. The second-order valence-electron chi connectivity index (χ2n) is 5.51. The Morgan fingerprint density at radius 3 is 2.30 bits per heavy atom. The van der Waals surface area contributed by atoms with Crippen molar-refractivity contribution in [3.8, 4) is 0 Å². The predicted octanol–water partition coefficient (Wildman–Crippen LogP) is 2.79. The lowest BCUT2D eigenvalue weighted by Crippen LogP contribution is -2.46. The quantitative estimate of drug-likeness (QED) is 0.874. The summed E-state index contributed by atoms with van der Waals surface area (Å²) < 4.78 is 0. The molecule has 0 amide bonds. The number of piperazine rings is 1. The zero-order valence-electron chi connectivity index (χ0n) is 12.3. The molecule has 1 saturated heterocycles. The first-order valence-corrected chi connectivity index (χ1v) is 7.95. The molecule has 0 aromatic heterocycles. The summed E-state index contributed by atoms with van der Waals surface area (Å²) in [7, 11) is 0. The molecule has 0 saturated carbocycles. The van der Waals surface area contributed by atoms with E-state index >= 15 is 0 Å². The van der Waals surface area contributed by atoms with Crippen molar-refractivity contribution in [2.45, 2.75) is 25.9 Å². The molecule has 20 heavy (non-hydrogen) atoms. The molecule has 1 aromatic carbocycles.